The summed E-state index contributed by atoms with van der Waals surface area (Å²) in [5, 5.41) is 1.83. The molecule has 4 rings (SSSR count). The smallest absolute Gasteiger partial charge is 0.357 e. The maximum atomic E-state index is 12.8. The fourth-order valence-corrected chi connectivity index (χ4v) is 6.50. The van der Waals surface area contributed by atoms with E-state index < -0.39 is 16.0 Å². The van der Waals surface area contributed by atoms with Gasteiger partial charge in [0, 0.05) is 18.6 Å². The van der Waals surface area contributed by atoms with Gasteiger partial charge in [0.15, 0.2) is 0 Å². The average Bonchev–Trinajstić information content (AvgIpc) is 3.24. The fourth-order valence-electron chi connectivity index (χ4n) is 3.74. The minimum absolute atomic E-state index is 0.00187. The van der Waals surface area contributed by atoms with Crippen LogP contribution in [0.5, 0.6) is 0 Å². The number of hydroxylamine groups is 2. The van der Waals surface area contributed by atoms with E-state index in [1.165, 1.54) is 23.5 Å². The van der Waals surface area contributed by atoms with Crippen LogP contribution in [-0.2, 0) is 14.9 Å². The summed E-state index contributed by atoms with van der Waals surface area (Å²) in [7, 11) is -3.84. The summed E-state index contributed by atoms with van der Waals surface area (Å²) < 4.78 is 29.3. The van der Waals surface area contributed by atoms with E-state index in [-0.39, 0.29) is 27.0 Å². The van der Waals surface area contributed by atoms with Gasteiger partial charge in [-0.1, -0.05) is 36.2 Å². The molecule has 2 aromatic carbocycles. The van der Waals surface area contributed by atoms with Gasteiger partial charge < -0.3 is 4.84 Å². The average molecular weight is 514 g/mol. The van der Waals surface area contributed by atoms with Crippen molar-refractivity contribution in [2.45, 2.75) is 43.2 Å². The Hall–Kier alpha value is -1.75. The van der Waals surface area contributed by atoms with Crippen LogP contribution in [0.15, 0.2) is 46.8 Å². The van der Waals surface area contributed by atoms with E-state index in [0.717, 1.165) is 10.2 Å². The third-order valence-corrected chi connectivity index (χ3v) is 8.71. The number of piperidine rings is 1. The first kappa shape index (κ1) is 23.4. The number of carbonyl (C=O) groups is 1. The zero-order valence-electron chi connectivity index (χ0n) is 17.1. The number of halogens is 2. The van der Waals surface area contributed by atoms with Gasteiger partial charge in [-0.05, 0) is 49.6 Å². The molecule has 2 atom stereocenters. The van der Waals surface area contributed by atoms with Crippen molar-refractivity contribution in [1.82, 2.24) is 14.8 Å². The molecule has 0 saturated carbocycles. The molecule has 0 spiro atoms. The van der Waals surface area contributed by atoms with Gasteiger partial charge in [-0.15, -0.1) is 16.4 Å². The summed E-state index contributed by atoms with van der Waals surface area (Å²) in [6.07, 6.45) is 1.67. The third-order valence-electron chi connectivity index (χ3n) is 5.43. The molecule has 0 radical (unpaired) electrons. The first-order valence-electron chi connectivity index (χ1n) is 10.1. The molecule has 11 heteroatoms. The molecule has 1 saturated heterocycles. The Morgan fingerprint density at radius 1 is 1.31 bits per heavy atom. The first-order chi connectivity index (χ1) is 15.3. The van der Waals surface area contributed by atoms with Crippen molar-refractivity contribution in [3.8, 4) is 0 Å². The van der Waals surface area contributed by atoms with Gasteiger partial charge in [-0.3, -0.25) is 0 Å². The summed E-state index contributed by atoms with van der Waals surface area (Å²) in [4.78, 5) is 22.5. The van der Waals surface area contributed by atoms with E-state index in [0.29, 0.717) is 31.4 Å². The van der Waals surface area contributed by atoms with E-state index >= 15 is 0 Å². The van der Waals surface area contributed by atoms with Crippen LogP contribution in [0.1, 0.15) is 36.5 Å². The highest BCUT2D eigenvalue weighted by Gasteiger charge is 2.33. The SMILES string of the molecule is CCC1CC(NS(=O)(=O)c2cccc(Cl)c2Cl)CCN1OC(=O)c1ccc2ncsc2c1. The van der Waals surface area contributed by atoms with Crippen LogP contribution >= 0.6 is 34.5 Å². The number of nitrogens with one attached hydrogen (secondary N) is 1. The zero-order chi connectivity index (χ0) is 22.9. The minimum atomic E-state index is -3.84. The lowest BCUT2D eigenvalue weighted by Gasteiger charge is -2.37. The fraction of sp³-hybridized carbons (Fsp3) is 0.333. The van der Waals surface area contributed by atoms with Crippen molar-refractivity contribution in [3.63, 3.8) is 0 Å². The number of hydrogen-bond donors (Lipinski definition) is 1. The van der Waals surface area contributed by atoms with E-state index in [2.05, 4.69) is 9.71 Å². The van der Waals surface area contributed by atoms with Crippen molar-refractivity contribution in [1.29, 1.82) is 0 Å². The van der Waals surface area contributed by atoms with Crippen LogP contribution in [0.3, 0.4) is 0 Å². The molecule has 0 aliphatic carbocycles. The molecule has 1 aliphatic rings. The Labute approximate surface area is 200 Å². The van der Waals surface area contributed by atoms with Gasteiger partial charge in [0.2, 0.25) is 10.0 Å². The molecule has 1 aromatic heterocycles. The number of thiazole rings is 1. The molecular weight excluding hydrogens is 493 g/mol. The molecule has 170 valence electrons. The second kappa shape index (κ2) is 9.62. The second-order valence-corrected chi connectivity index (χ2v) is 10.9. The van der Waals surface area contributed by atoms with E-state index in [1.54, 1.807) is 34.8 Å². The topological polar surface area (TPSA) is 88.6 Å². The summed E-state index contributed by atoms with van der Waals surface area (Å²) in [5.41, 5.74) is 3.02. The molecule has 7 nitrogen and oxygen atoms in total. The number of hydrogen-bond acceptors (Lipinski definition) is 7. The predicted molar refractivity (Wildman–Crippen MR) is 126 cm³/mol. The number of rotatable bonds is 6. The van der Waals surface area contributed by atoms with Crippen LogP contribution in [0, 0.1) is 0 Å². The lowest BCUT2D eigenvalue weighted by molar-refractivity contribution is -0.154. The van der Waals surface area contributed by atoms with Gasteiger partial charge in [-0.25, -0.2) is 22.9 Å². The molecule has 1 fully saturated rings. The number of nitrogens with zero attached hydrogens (tertiary/aromatic N) is 2. The van der Waals surface area contributed by atoms with Crippen LogP contribution in [0.4, 0.5) is 0 Å². The molecule has 32 heavy (non-hydrogen) atoms. The molecule has 2 heterocycles. The number of fused-ring (bicyclic) bond motifs is 1. The number of sulfonamides is 1. The van der Waals surface area contributed by atoms with Crippen LogP contribution in [0.2, 0.25) is 10.0 Å². The third kappa shape index (κ3) is 4.93. The van der Waals surface area contributed by atoms with Crippen molar-refractivity contribution >= 4 is 60.7 Å². The lowest BCUT2D eigenvalue weighted by Crippen LogP contribution is -2.50. The normalized spacial score (nSPS) is 19.8. The maximum absolute atomic E-state index is 12.8. The highest BCUT2D eigenvalue weighted by atomic mass is 35.5. The highest BCUT2D eigenvalue weighted by molar-refractivity contribution is 7.89. The molecule has 0 amide bonds. The molecule has 2 unspecified atom stereocenters. The molecule has 1 aliphatic heterocycles. The summed E-state index contributed by atoms with van der Waals surface area (Å²) in [6.45, 7) is 2.38. The Balaban J connectivity index is 1.42. The second-order valence-electron chi connectivity index (χ2n) is 7.51. The molecular formula is C21H21Cl2N3O4S2. The van der Waals surface area contributed by atoms with Gasteiger partial charge in [0.1, 0.15) is 4.90 Å². The minimum Gasteiger partial charge on any atom is -0.364 e. The van der Waals surface area contributed by atoms with Crippen LogP contribution < -0.4 is 4.72 Å². The van der Waals surface area contributed by atoms with Crippen LogP contribution in [0.25, 0.3) is 10.2 Å². The zero-order valence-corrected chi connectivity index (χ0v) is 20.3. The van der Waals surface area contributed by atoms with Crippen LogP contribution in [-0.4, -0.2) is 43.1 Å². The van der Waals surface area contributed by atoms with Gasteiger partial charge in [0.25, 0.3) is 0 Å². The molecule has 3 aromatic rings. The van der Waals surface area contributed by atoms with E-state index in [1.807, 2.05) is 6.92 Å². The number of benzene rings is 2. The number of aromatic nitrogens is 1. The standard InChI is InChI=1S/C21H21Cl2N3O4S2/c1-2-15-11-14(25-32(28,29)19-5-3-4-16(22)20(19)23)8-9-26(15)30-21(27)13-6-7-17-18(10-13)31-12-24-17/h3-7,10,12,14-15,25H,2,8-9,11H2,1H3. The monoisotopic (exact) mass is 513 g/mol. The largest absolute Gasteiger partial charge is 0.364 e. The highest BCUT2D eigenvalue weighted by Crippen LogP contribution is 2.30. The Morgan fingerprint density at radius 2 is 2.12 bits per heavy atom. The lowest BCUT2D eigenvalue weighted by atomic mass is 9.98. The maximum Gasteiger partial charge on any atom is 0.357 e. The van der Waals surface area contributed by atoms with E-state index in [9.17, 15) is 13.2 Å². The first-order valence-corrected chi connectivity index (χ1v) is 13.2. The van der Waals surface area contributed by atoms with Crippen molar-refractivity contribution in [2.24, 2.45) is 0 Å². The predicted octanol–water partition coefficient (Wildman–Crippen LogP) is 4.90. The van der Waals surface area contributed by atoms with Crippen molar-refractivity contribution < 1.29 is 18.0 Å². The Bertz CT molecular complexity index is 1250. The van der Waals surface area contributed by atoms with Crippen molar-refractivity contribution in [3.05, 3.63) is 57.5 Å². The molecule has 1 N–H and O–H groups in total. The Kier molecular flexibility index (Phi) is 7.04. The molecule has 0 bridgehead atoms. The summed E-state index contributed by atoms with van der Waals surface area (Å²) >= 11 is 13.5. The quantitative estimate of drug-likeness (QED) is 0.504. The van der Waals surface area contributed by atoms with Gasteiger partial charge in [-0.2, -0.15) is 0 Å². The Morgan fingerprint density at radius 3 is 2.91 bits per heavy atom. The summed E-state index contributed by atoms with van der Waals surface area (Å²) in [5.74, 6) is -0.441. The number of carbonyl (C=O) groups excluding carboxylic acids is 1. The van der Waals surface area contributed by atoms with Gasteiger partial charge >= 0.3 is 5.97 Å². The van der Waals surface area contributed by atoms with E-state index in [4.69, 9.17) is 28.0 Å². The van der Waals surface area contributed by atoms with Gasteiger partial charge in [0.05, 0.1) is 31.3 Å². The van der Waals surface area contributed by atoms with Crippen molar-refractivity contribution in [2.75, 3.05) is 6.54 Å². The summed E-state index contributed by atoms with van der Waals surface area (Å²) in [6, 6.07) is 9.32.